The van der Waals surface area contributed by atoms with Crippen LogP contribution in [0.15, 0.2) is 29.3 Å². The van der Waals surface area contributed by atoms with E-state index in [1.54, 1.807) is 20.0 Å². The van der Waals surface area contributed by atoms with Gasteiger partial charge in [0, 0.05) is 20.1 Å². The zero-order valence-corrected chi connectivity index (χ0v) is 15.4. The lowest BCUT2D eigenvalue weighted by Crippen LogP contribution is -2.41. The molecule has 22 heavy (non-hydrogen) atoms. The Morgan fingerprint density at radius 2 is 2.14 bits per heavy atom. The van der Waals surface area contributed by atoms with Gasteiger partial charge in [0.2, 0.25) is 0 Å². The zero-order valence-electron chi connectivity index (χ0n) is 13.1. The van der Waals surface area contributed by atoms with Crippen LogP contribution < -0.4 is 10.6 Å². The third-order valence-electron chi connectivity index (χ3n) is 3.00. The Morgan fingerprint density at radius 3 is 2.73 bits per heavy atom. The summed E-state index contributed by atoms with van der Waals surface area (Å²) >= 11 is 0. The number of halogens is 2. The highest BCUT2D eigenvalue weighted by molar-refractivity contribution is 14.0. The smallest absolute Gasteiger partial charge is 0.310 e. The standard InChI is InChI=1S/C15H22FN3O2.HI/c1-11(14(20)21-3)10-19-15(17-2)18-8-7-12-5-4-6-13(16)9-12;/h4-6,9,11H,7-8,10H2,1-3H3,(H2,17,18,19);1H. The lowest BCUT2D eigenvalue weighted by molar-refractivity contribution is -0.144. The molecule has 124 valence electrons. The number of nitrogens with one attached hydrogen (secondary N) is 2. The van der Waals surface area contributed by atoms with Gasteiger partial charge in [-0.25, -0.2) is 4.39 Å². The number of benzene rings is 1. The molecule has 0 aliphatic heterocycles. The lowest BCUT2D eigenvalue weighted by Gasteiger charge is -2.14. The first-order valence-corrected chi connectivity index (χ1v) is 6.83. The highest BCUT2D eigenvalue weighted by atomic mass is 127. The highest BCUT2D eigenvalue weighted by Crippen LogP contribution is 2.03. The first kappa shape index (κ1) is 20.6. The minimum absolute atomic E-state index is 0. The van der Waals surface area contributed by atoms with Crippen molar-refractivity contribution in [1.82, 2.24) is 10.6 Å². The molecule has 0 saturated carbocycles. The summed E-state index contributed by atoms with van der Waals surface area (Å²) in [4.78, 5) is 15.3. The van der Waals surface area contributed by atoms with Crippen molar-refractivity contribution in [2.24, 2.45) is 10.9 Å². The number of aliphatic imine (C=N–C) groups is 1. The van der Waals surface area contributed by atoms with Crippen LogP contribution in [0.1, 0.15) is 12.5 Å². The fourth-order valence-electron chi connectivity index (χ4n) is 1.77. The molecule has 0 bridgehead atoms. The monoisotopic (exact) mass is 423 g/mol. The number of hydrogen-bond acceptors (Lipinski definition) is 3. The second-order valence-corrected chi connectivity index (χ2v) is 4.68. The van der Waals surface area contributed by atoms with E-state index in [1.165, 1.54) is 19.2 Å². The van der Waals surface area contributed by atoms with Crippen LogP contribution in [-0.4, -0.2) is 39.2 Å². The van der Waals surface area contributed by atoms with E-state index in [-0.39, 0.29) is 41.7 Å². The molecule has 0 saturated heterocycles. The number of methoxy groups -OCH3 is 1. The van der Waals surface area contributed by atoms with Crippen LogP contribution in [0.5, 0.6) is 0 Å². The van der Waals surface area contributed by atoms with Crippen molar-refractivity contribution in [3.8, 4) is 0 Å². The van der Waals surface area contributed by atoms with Gasteiger partial charge in [0.05, 0.1) is 13.0 Å². The summed E-state index contributed by atoms with van der Waals surface area (Å²) in [6.45, 7) is 2.83. The van der Waals surface area contributed by atoms with Crippen molar-refractivity contribution in [3.05, 3.63) is 35.6 Å². The number of carbonyl (C=O) groups excluding carboxylic acids is 1. The van der Waals surface area contributed by atoms with E-state index in [4.69, 9.17) is 0 Å². The fourth-order valence-corrected chi connectivity index (χ4v) is 1.77. The predicted octanol–water partition coefficient (Wildman–Crippen LogP) is 1.96. The minimum atomic E-state index is -0.266. The Balaban J connectivity index is 0.00000441. The fraction of sp³-hybridized carbons (Fsp3) is 0.467. The molecule has 0 aliphatic rings. The first-order chi connectivity index (χ1) is 10.1. The van der Waals surface area contributed by atoms with Gasteiger partial charge in [-0.1, -0.05) is 19.1 Å². The zero-order chi connectivity index (χ0) is 15.7. The molecule has 0 heterocycles. The molecule has 2 N–H and O–H groups in total. The number of guanidine groups is 1. The summed E-state index contributed by atoms with van der Waals surface area (Å²) in [5, 5.41) is 6.16. The second kappa shape index (κ2) is 11.2. The largest absolute Gasteiger partial charge is 0.469 e. The molecule has 1 atom stereocenters. The molecule has 1 unspecified atom stereocenters. The third-order valence-corrected chi connectivity index (χ3v) is 3.00. The van der Waals surface area contributed by atoms with Gasteiger partial charge in [-0.3, -0.25) is 9.79 Å². The molecule has 0 aromatic heterocycles. The number of esters is 1. The molecule has 5 nitrogen and oxygen atoms in total. The van der Waals surface area contributed by atoms with Crippen molar-refractivity contribution in [3.63, 3.8) is 0 Å². The summed E-state index contributed by atoms with van der Waals surface area (Å²) in [6.07, 6.45) is 0.686. The van der Waals surface area contributed by atoms with E-state index in [1.807, 2.05) is 6.07 Å². The van der Waals surface area contributed by atoms with E-state index in [9.17, 15) is 9.18 Å². The molecule has 0 amide bonds. The summed E-state index contributed by atoms with van der Waals surface area (Å²) in [7, 11) is 3.02. The average molecular weight is 423 g/mol. The Kier molecular flexibility index (Phi) is 10.5. The Bertz CT molecular complexity index is 497. The average Bonchev–Trinajstić information content (AvgIpc) is 2.49. The van der Waals surface area contributed by atoms with E-state index in [0.29, 0.717) is 25.5 Å². The van der Waals surface area contributed by atoms with Crippen LogP contribution in [0.4, 0.5) is 4.39 Å². The van der Waals surface area contributed by atoms with Crippen molar-refractivity contribution >= 4 is 35.9 Å². The highest BCUT2D eigenvalue weighted by Gasteiger charge is 2.13. The Hall–Kier alpha value is -1.38. The van der Waals surface area contributed by atoms with E-state index >= 15 is 0 Å². The second-order valence-electron chi connectivity index (χ2n) is 4.68. The van der Waals surface area contributed by atoms with Gasteiger partial charge in [-0.05, 0) is 24.1 Å². The molecule has 0 aliphatic carbocycles. The molecule has 7 heteroatoms. The van der Waals surface area contributed by atoms with Gasteiger partial charge in [0.25, 0.3) is 0 Å². The topological polar surface area (TPSA) is 62.7 Å². The van der Waals surface area contributed by atoms with Crippen molar-refractivity contribution in [2.45, 2.75) is 13.3 Å². The van der Waals surface area contributed by atoms with Crippen LogP contribution in [0.2, 0.25) is 0 Å². The molecule has 1 rings (SSSR count). The van der Waals surface area contributed by atoms with Crippen LogP contribution in [0.25, 0.3) is 0 Å². The number of carbonyl (C=O) groups is 1. The minimum Gasteiger partial charge on any atom is -0.469 e. The van der Waals surface area contributed by atoms with Gasteiger partial charge in [-0.15, -0.1) is 24.0 Å². The summed E-state index contributed by atoms with van der Waals surface area (Å²) in [5.74, 6) is -0.154. The number of nitrogens with zero attached hydrogens (tertiary/aromatic N) is 1. The van der Waals surface area contributed by atoms with Crippen LogP contribution in [0.3, 0.4) is 0 Å². The number of rotatable bonds is 6. The van der Waals surface area contributed by atoms with Gasteiger partial charge >= 0.3 is 5.97 Å². The maximum absolute atomic E-state index is 13.0. The molecule has 1 aromatic carbocycles. The number of ether oxygens (including phenoxy) is 1. The third kappa shape index (κ3) is 7.58. The van der Waals surface area contributed by atoms with Crippen LogP contribution in [0, 0.1) is 11.7 Å². The van der Waals surface area contributed by atoms with Crippen LogP contribution >= 0.6 is 24.0 Å². The van der Waals surface area contributed by atoms with Crippen LogP contribution in [-0.2, 0) is 16.0 Å². The van der Waals surface area contributed by atoms with Gasteiger partial charge in [-0.2, -0.15) is 0 Å². The summed E-state index contributed by atoms with van der Waals surface area (Å²) in [5.41, 5.74) is 0.917. The Morgan fingerprint density at radius 1 is 1.41 bits per heavy atom. The maximum atomic E-state index is 13.0. The quantitative estimate of drug-likeness (QED) is 0.318. The van der Waals surface area contributed by atoms with Crippen molar-refractivity contribution < 1.29 is 13.9 Å². The van der Waals surface area contributed by atoms with E-state index in [0.717, 1.165) is 5.56 Å². The molecular weight excluding hydrogens is 400 g/mol. The van der Waals surface area contributed by atoms with Crippen molar-refractivity contribution in [1.29, 1.82) is 0 Å². The van der Waals surface area contributed by atoms with Crippen molar-refractivity contribution in [2.75, 3.05) is 27.2 Å². The van der Waals surface area contributed by atoms with Gasteiger partial charge < -0.3 is 15.4 Å². The molecular formula is C15H23FIN3O2. The number of hydrogen-bond donors (Lipinski definition) is 2. The van der Waals surface area contributed by atoms with E-state index < -0.39 is 0 Å². The Labute approximate surface area is 147 Å². The van der Waals surface area contributed by atoms with Gasteiger partial charge in [0.15, 0.2) is 5.96 Å². The molecule has 0 spiro atoms. The molecule has 0 fully saturated rings. The summed E-state index contributed by atoms with van der Waals surface area (Å²) < 4.78 is 17.7. The van der Waals surface area contributed by atoms with Gasteiger partial charge in [0.1, 0.15) is 5.82 Å². The predicted molar refractivity (Wildman–Crippen MR) is 96.1 cm³/mol. The maximum Gasteiger partial charge on any atom is 0.310 e. The molecule has 1 aromatic rings. The van der Waals surface area contributed by atoms with E-state index in [2.05, 4.69) is 20.4 Å². The lowest BCUT2D eigenvalue weighted by atomic mass is 10.1. The molecule has 0 radical (unpaired) electrons. The normalized spacial score (nSPS) is 12.1. The SMILES string of the molecule is CN=C(NCCc1cccc(F)c1)NCC(C)C(=O)OC.I. The summed E-state index contributed by atoms with van der Waals surface area (Å²) in [6, 6.07) is 6.50. The first-order valence-electron chi connectivity index (χ1n) is 6.83.